The maximum Gasteiger partial charge on any atom is 0.303 e. The van der Waals surface area contributed by atoms with Crippen LogP contribution >= 0.6 is 0 Å². The quantitative estimate of drug-likeness (QED) is 0.809. The topological polar surface area (TPSA) is 72.8 Å². The SMILES string of the molecule is CCOc1cc2c(cc1C(=O)CCC(=O)O)OC(C)C2. The molecule has 20 heavy (non-hydrogen) atoms. The fraction of sp³-hybridized carbons (Fsp3) is 0.467. The molecule has 1 N–H and O–H groups in total. The highest BCUT2D eigenvalue weighted by molar-refractivity contribution is 6.00. The monoisotopic (exact) mass is 278 g/mol. The van der Waals surface area contributed by atoms with Crippen LogP contribution in [-0.2, 0) is 11.2 Å². The molecule has 108 valence electrons. The molecule has 1 atom stereocenters. The maximum atomic E-state index is 12.1. The minimum absolute atomic E-state index is 0.0379. The Labute approximate surface area is 117 Å². The highest BCUT2D eigenvalue weighted by Crippen LogP contribution is 2.35. The van der Waals surface area contributed by atoms with Crippen LogP contribution in [0.2, 0.25) is 0 Å². The van der Waals surface area contributed by atoms with E-state index >= 15 is 0 Å². The Hall–Kier alpha value is -2.04. The Bertz CT molecular complexity index is 535. The van der Waals surface area contributed by atoms with Gasteiger partial charge in [-0.25, -0.2) is 0 Å². The van der Waals surface area contributed by atoms with Crippen LogP contribution in [0.1, 0.15) is 42.6 Å². The average molecular weight is 278 g/mol. The van der Waals surface area contributed by atoms with Gasteiger partial charge in [0, 0.05) is 18.4 Å². The van der Waals surface area contributed by atoms with E-state index in [2.05, 4.69) is 0 Å². The van der Waals surface area contributed by atoms with E-state index in [9.17, 15) is 9.59 Å². The summed E-state index contributed by atoms with van der Waals surface area (Å²) >= 11 is 0. The molecule has 0 aliphatic carbocycles. The van der Waals surface area contributed by atoms with Crippen LogP contribution in [0.15, 0.2) is 12.1 Å². The number of aliphatic carboxylic acids is 1. The van der Waals surface area contributed by atoms with Crippen LogP contribution in [0.25, 0.3) is 0 Å². The van der Waals surface area contributed by atoms with E-state index in [1.807, 2.05) is 19.9 Å². The van der Waals surface area contributed by atoms with Gasteiger partial charge in [-0.15, -0.1) is 0 Å². The molecule has 1 aromatic rings. The Kier molecular flexibility index (Phi) is 4.27. The van der Waals surface area contributed by atoms with E-state index in [1.54, 1.807) is 6.07 Å². The van der Waals surface area contributed by atoms with Crippen molar-refractivity contribution in [2.45, 2.75) is 39.2 Å². The number of ketones is 1. The molecule has 0 spiro atoms. The Morgan fingerprint density at radius 1 is 1.40 bits per heavy atom. The van der Waals surface area contributed by atoms with Crippen LogP contribution in [0, 0.1) is 0 Å². The molecule has 0 aromatic heterocycles. The van der Waals surface area contributed by atoms with Gasteiger partial charge in [0.25, 0.3) is 0 Å². The molecular weight excluding hydrogens is 260 g/mol. The molecule has 2 rings (SSSR count). The molecule has 1 aromatic carbocycles. The zero-order valence-electron chi connectivity index (χ0n) is 11.6. The number of benzene rings is 1. The lowest BCUT2D eigenvalue weighted by atomic mass is 10.0. The van der Waals surface area contributed by atoms with Crippen LogP contribution in [0.5, 0.6) is 11.5 Å². The van der Waals surface area contributed by atoms with Gasteiger partial charge >= 0.3 is 5.97 Å². The van der Waals surface area contributed by atoms with E-state index in [1.165, 1.54) is 0 Å². The Balaban J connectivity index is 2.28. The first kappa shape index (κ1) is 14.4. The van der Waals surface area contributed by atoms with Crippen LogP contribution in [-0.4, -0.2) is 29.6 Å². The molecule has 0 fully saturated rings. The summed E-state index contributed by atoms with van der Waals surface area (Å²) in [4.78, 5) is 22.7. The van der Waals surface area contributed by atoms with Crippen molar-refractivity contribution < 1.29 is 24.2 Å². The highest BCUT2D eigenvalue weighted by Gasteiger charge is 2.24. The molecule has 5 nitrogen and oxygen atoms in total. The summed E-state index contributed by atoms with van der Waals surface area (Å²) < 4.78 is 11.1. The minimum Gasteiger partial charge on any atom is -0.493 e. The van der Waals surface area contributed by atoms with Gasteiger partial charge < -0.3 is 14.6 Å². The van der Waals surface area contributed by atoms with Crippen LogP contribution in [0.3, 0.4) is 0 Å². The molecule has 0 saturated heterocycles. The molecule has 1 heterocycles. The number of Topliss-reactive ketones (excluding diaryl/α,β-unsaturated/α-hetero) is 1. The van der Waals surface area contributed by atoms with Gasteiger partial charge in [-0.1, -0.05) is 0 Å². The normalized spacial score (nSPS) is 16.4. The molecule has 1 unspecified atom stereocenters. The third-order valence-corrected chi connectivity index (χ3v) is 3.16. The number of carbonyl (C=O) groups is 2. The lowest BCUT2D eigenvalue weighted by molar-refractivity contribution is -0.136. The first-order valence-electron chi connectivity index (χ1n) is 6.72. The number of carboxylic acids is 1. The number of hydrogen-bond donors (Lipinski definition) is 1. The smallest absolute Gasteiger partial charge is 0.303 e. The summed E-state index contributed by atoms with van der Waals surface area (Å²) in [6, 6.07) is 3.50. The third kappa shape index (κ3) is 3.10. The first-order chi connectivity index (χ1) is 9.51. The van der Waals surface area contributed by atoms with E-state index in [0.717, 1.165) is 12.0 Å². The second-order valence-electron chi connectivity index (χ2n) is 4.84. The summed E-state index contributed by atoms with van der Waals surface area (Å²) in [6.45, 7) is 4.26. The largest absolute Gasteiger partial charge is 0.493 e. The second kappa shape index (κ2) is 5.94. The van der Waals surface area contributed by atoms with Crippen molar-refractivity contribution in [3.8, 4) is 11.5 Å². The zero-order valence-corrected chi connectivity index (χ0v) is 11.6. The standard InChI is InChI=1S/C15H18O5/c1-3-19-14-7-10-6-9(2)20-13(10)8-11(14)12(16)4-5-15(17)18/h7-9H,3-6H2,1-2H3,(H,17,18). The van der Waals surface area contributed by atoms with Gasteiger partial charge in [0.15, 0.2) is 5.78 Å². The van der Waals surface area contributed by atoms with E-state index < -0.39 is 5.97 Å². The summed E-state index contributed by atoms with van der Waals surface area (Å²) in [5.41, 5.74) is 1.43. The Morgan fingerprint density at radius 2 is 2.15 bits per heavy atom. The van der Waals surface area contributed by atoms with Crippen LogP contribution in [0.4, 0.5) is 0 Å². The summed E-state index contributed by atoms with van der Waals surface area (Å²) in [5.74, 6) is -0.0110. The molecule has 0 radical (unpaired) electrons. The third-order valence-electron chi connectivity index (χ3n) is 3.16. The second-order valence-corrected chi connectivity index (χ2v) is 4.84. The van der Waals surface area contributed by atoms with E-state index in [0.29, 0.717) is 23.7 Å². The minimum atomic E-state index is -0.984. The fourth-order valence-corrected chi connectivity index (χ4v) is 2.29. The zero-order chi connectivity index (χ0) is 14.7. The van der Waals surface area contributed by atoms with Gasteiger partial charge in [-0.2, -0.15) is 0 Å². The van der Waals surface area contributed by atoms with Gasteiger partial charge in [-0.3, -0.25) is 9.59 Å². The molecule has 0 saturated carbocycles. The predicted octanol–water partition coefficient (Wildman–Crippen LogP) is 2.46. The highest BCUT2D eigenvalue weighted by atomic mass is 16.5. The number of fused-ring (bicyclic) bond motifs is 1. The molecule has 5 heteroatoms. The van der Waals surface area contributed by atoms with Gasteiger partial charge in [0.2, 0.25) is 0 Å². The van der Waals surface area contributed by atoms with Crippen molar-refractivity contribution >= 4 is 11.8 Å². The fourth-order valence-electron chi connectivity index (χ4n) is 2.29. The molecular formula is C15H18O5. The molecule has 0 bridgehead atoms. The van der Waals surface area contributed by atoms with Gasteiger partial charge in [0.1, 0.15) is 17.6 Å². The van der Waals surface area contributed by atoms with Crippen molar-refractivity contribution in [2.24, 2.45) is 0 Å². The van der Waals surface area contributed by atoms with Crippen molar-refractivity contribution in [1.82, 2.24) is 0 Å². The number of ether oxygens (including phenoxy) is 2. The van der Waals surface area contributed by atoms with Gasteiger partial charge in [-0.05, 0) is 26.0 Å². The van der Waals surface area contributed by atoms with E-state index in [-0.39, 0.29) is 24.7 Å². The van der Waals surface area contributed by atoms with Crippen molar-refractivity contribution in [3.05, 3.63) is 23.3 Å². The lowest BCUT2D eigenvalue weighted by Gasteiger charge is -2.11. The average Bonchev–Trinajstić information content (AvgIpc) is 2.74. The summed E-state index contributed by atoms with van der Waals surface area (Å²) in [6.07, 6.45) is 0.658. The number of carboxylic acid groups (broad SMARTS) is 1. The lowest BCUT2D eigenvalue weighted by Crippen LogP contribution is -2.07. The summed E-state index contributed by atoms with van der Waals surface area (Å²) in [7, 11) is 0. The first-order valence-corrected chi connectivity index (χ1v) is 6.72. The maximum absolute atomic E-state index is 12.1. The number of carbonyl (C=O) groups excluding carboxylic acids is 1. The number of rotatable bonds is 6. The van der Waals surface area contributed by atoms with E-state index in [4.69, 9.17) is 14.6 Å². The van der Waals surface area contributed by atoms with Crippen molar-refractivity contribution in [3.63, 3.8) is 0 Å². The molecule has 1 aliphatic rings. The van der Waals surface area contributed by atoms with Crippen molar-refractivity contribution in [2.75, 3.05) is 6.61 Å². The van der Waals surface area contributed by atoms with Crippen molar-refractivity contribution in [1.29, 1.82) is 0 Å². The number of hydrogen-bond acceptors (Lipinski definition) is 4. The predicted molar refractivity (Wildman–Crippen MR) is 72.6 cm³/mol. The molecule has 1 aliphatic heterocycles. The van der Waals surface area contributed by atoms with Crippen LogP contribution < -0.4 is 9.47 Å². The Morgan fingerprint density at radius 3 is 2.80 bits per heavy atom. The molecule has 0 amide bonds. The summed E-state index contributed by atoms with van der Waals surface area (Å²) in [5, 5.41) is 8.66. The van der Waals surface area contributed by atoms with Gasteiger partial charge in [0.05, 0.1) is 18.6 Å².